The third-order valence-electron chi connectivity index (χ3n) is 4.63. The van der Waals surface area contributed by atoms with Crippen LogP contribution in [0.15, 0.2) is 54.6 Å². The number of hydrogen-bond donors (Lipinski definition) is 1. The van der Waals surface area contributed by atoms with E-state index in [-0.39, 0.29) is 0 Å². The average Bonchev–Trinajstić information content (AvgIpc) is 2.61. The van der Waals surface area contributed by atoms with Crippen LogP contribution in [0.1, 0.15) is 29.5 Å². The molecule has 1 unspecified atom stereocenters. The maximum Gasteiger partial charge on any atom is 0.119 e. The Hall–Kier alpha value is -2.48. The standard InChI is InChI=1S/C22H25NO/c1-15-5-6-16(2)22(11-15)23-14-17(3)18-7-8-20-13-21(24-4)10-9-19(20)12-18/h5-13,17,23H,14H2,1-4H3. The minimum Gasteiger partial charge on any atom is -0.497 e. The SMILES string of the molecule is COc1ccc2cc(C(C)CNc3cc(C)ccc3C)ccc2c1. The molecule has 3 aromatic carbocycles. The summed E-state index contributed by atoms with van der Waals surface area (Å²) in [4.78, 5) is 0. The maximum atomic E-state index is 5.30. The highest BCUT2D eigenvalue weighted by molar-refractivity contribution is 5.84. The van der Waals surface area contributed by atoms with Crippen LogP contribution >= 0.6 is 0 Å². The lowest BCUT2D eigenvalue weighted by molar-refractivity contribution is 0.415. The molecule has 0 amide bonds. The Morgan fingerprint density at radius 2 is 1.67 bits per heavy atom. The fraction of sp³-hybridized carbons (Fsp3) is 0.273. The average molecular weight is 319 g/mol. The van der Waals surface area contributed by atoms with Gasteiger partial charge in [0, 0.05) is 12.2 Å². The highest BCUT2D eigenvalue weighted by atomic mass is 16.5. The molecule has 2 nitrogen and oxygen atoms in total. The van der Waals surface area contributed by atoms with Crippen LogP contribution in [0.2, 0.25) is 0 Å². The summed E-state index contributed by atoms with van der Waals surface area (Å²) in [5.41, 5.74) is 5.16. The summed E-state index contributed by atoms with van der Waals surface area (Å²) in [6.07, 6.45) is 0. The fourth-order valence-electron chi connectivity index (χ4n) is 2.98. The summed E-state index contributed by atoms with van der Waals surface area (Å²) in [6.45, 7) is 7.47. The summed E-state index contributed by atoms with van der Waals surface area (Å²) in [5, 5.41) is 6.07. The Balaban J connectivity index is 1.76. The van der Waals surface area contributed by atoms with Gasteiger partial charge < -0.3 is 10.1 Å². The molecule has 0 aliphatic heterocycles. The molecular weight excluding hydrogens is 294 g/mol. The molecule has 0 aromatic heterocycles. The summed E-state index contributed by atoms with van der Waals surface area (Å²) < 4.78 is 5.30. The molecule has 0 heterocycles. The number of ether oxygens (including phenoxy) is 1. The Bertz CT molecular complexity index is 854. The highest BCUT2D eigenvalue weighted by Gasteiger charge is 2.08. The molecule has 1 atom stereocenters. The van der Waals surface area contributed by atoms with Crippen molar-refractivity contribution in [3.8, 4) is 5.75 Å². The summed E-state index contributed by atoms with van der Waals surface area (Å²) >= 11 is 0. The van der Waals surface area contributed by atoms with Crippen molar-refractivity contribution in [3.63, 3.8) is 0 Å². The van der Waals surface area contributed by atoms with Crippen LogP contribution in [0, 0.1) is 13.8 Å². The molecule has 3 rings (SSSR count). The molecule has 0 aliphatic rings. The van der Waals surface area contributed by atoms with E-state index in [9.17, 15) is 0 Å². The Labute approximate surface area is 144 Å². The molecule has 0 radical (unpaired) electrons. The third kappa shape index (κ3) is 3.53. The molecule has 0 saturated heterocycles. The Morgan fingerprint density at radius 3 is 2.46 bits per heavy atom. The van der Waals surface area contributed by atoms with E-state index in [4.69, 9.17) is 4.74 Å². The second-order valence-electron chi connectivity index (χ2n) is 6.57. The van der Waals surface area contributed by atoms with E-state index in [1.165, 1.54) is 33.2 Å². The lowest BCUT2D eigenvalue weighted by Crippen LogP contribution is -2.10. The van der Waals surface area contributed by atoms with Crippen molar-refractivity contribution < 1.29 is 4.74 Å². The monoisotopic (exact) mass is 319 g/mol. The van der Waals surface area contributed by atoms with E-state index >= 15 is 0 Å². The molecular formula is C22H25NO. The van der Waals surface area contributed by atoms with Crippen LogP contribution in [0.3, 0.4) is 0 Å². The van der Waals surface area contributed by atoms with Crippen molar-refractivity contribution >= 4 is 16.5 Å². The number of methoxy groups -OCH3 is 1. The lowest BCUT2D eigenvalue weighted by atomic mass is 9.97. The van der Waals surface area contributed by atoms with Crippen molar-refractivity contribution in [2.24, 2.45) is 0 Å². The van der Waals surface area contributed by atoms with E-state index in [0.717, 1.165) is 12.3 Å². The van der Waals surface area contributed by atoms with Gasteiger partial charge in [-0.15, -0.1) is 0 Å². The van der Waals surface area contributed by atoms with Crippen molar-refractivity contribution in [1.29, 1.82) is 0 Å². The molecule has 1 N–H and O–H groups in total. The predicted octanol–water partition coefficient (Wildman–Crippen LogP) is 5.68. The number of rotatable bonds is 5. The number of nitrogens with one attached hydrogen (secondary N) is 1. The lowest BCUT2D eigenvalue weighted by Gasteiger charge is -2.17. The maximum absolute atomic E-state index is 5.30. The first-order valence-electron chi connectivity index (χ1n) is 8.45. The van der Waals surface area contributed by atoms with Gasteiger partial charge in [-0.05, 0) is 65.4 Å². The van der Waals surface area contributed by atoms with E-state index in [0.29, 0.717) is 5.92 Å². The minimum atomic E-state index is 0.441. The van der Waals surface area contributed by atoms with Crippen LogP contribution in [0.5, 0.6) is 5.75 Å². The third-order valence-corrected chi connectivity index (χ3v) is 4.63. The van der Waals surface area contributed by atoms with Gasteiger partial charge in [0.2, 0.25) is 0 Å². The summed E-state index contributed by atoms with van der Waals surface area (Å²) in [5.74, 6) is 1.34. The second-order valence-corrected chi connectivity index (χ2v) is 6.57. The molecule has 124 valence electrons. The predicted molar refractivity (Wildman–Crippen MR) is 103 cm³/mol. The van der Waals surface area contributed by atoms with Crippen LogP contribution in [-0.2, 0) is 0 Å². The first-order valence-corrected chi connectivity index (χ1v) is 8.45. The molecule has 0 fully saturated rings. The second kappa shape index (κ2) is 6.96. The first-order chi connectivity index (χ1) is 11.6. The molecule has 0 saturated carbocycles. The number of anilines is 1. The van der Waals surface area contributed by atoms with E-state index in [1.54, 1.807) is 7.11 Å². The van der Waals surface area contributed by atoms with Crippen LogP contribution in [0.4, 0.5) is 5.69 Å². The van der Waals surface area contributed by atoms with E-state index < -0.39 is 0 Å². The zero-order valence-electron chi connectivity index (χ0n) is 14.9. The van der Waals surface area contributed by atoms with Crippen molar-refractivity contribution in [3.05, 3.63) is 71.3 Å². The van der Waals surface area contributed by atoms with Crippen LogP contribution in [0.25, 0.3) is 10.8 Å². The van der Waals surface area contributed by atoms with Gasteiger partial charge in [0.25, 0.3) is 0 Å². The minimum absolute atomic E-state index is 0.441. The number of hydrogen-bond acceptors (Lipinski definition) is 2. The molecule has 3 aromatic rings. The smallest absolute Gasteiger partial charge is 0.119 e. The van der Waals surface area contributed by atoms with Crippen molar-refractivity contribution in [2.45, 2.75) is 26.7 Å². The zero-order chi connectivity index (χ0) is 17.1. The Kier molecular flexibility index (Phi) is 4.75. The summed E-state index contributed by atoms with van der Waals surface area (Å²) in [6, 6.07) is 19.5. The zero-order valence-corrected chi connectivity index (χ0v) is 14.9. The van der Waals surface area contributed by atoms with Gasteiger partial charge in [-0.3, -0.25) is 0 Å². The number of benzene rings is 3. The normalized spacial score (nSPS) is 12.2. The van der Waals surface area contributed by atoms with E-state index in [1.807, 2.05) is 6.07 Å². The van der Waals surface area contributed by atoms with Gasteiger partial charge in [0.15, 0.2) is 0 Å². The van der Waals surface area contributed by atoms with Crippen molar-refractivity contribution in [1.82, 2.24) is 0 Å². The molecule has 0 spiro atoms. The quantitative estimate of drug-likeness (QED) is 0.653. The largest absolute Gasteiger partial charge is 0.497 e. The van der Waals surface area contributed by atoms with Crippen molar-refractivity contribution in [2.75, 3.05) is 19.0 Å². The van der Waals surface area contributed by atoms with Gasteiger partial charge >= 0.3 is 0 Å². The van der Waals surface area contributed by atoms with Gasteiger partial charge in [-0.1, -0.05) is 43.3 Å². The van der Waals surface area contributed by atoms with Gasteiger partial charge in [0.1, 0.15) is 5.75 Å². The van der Waals surface area contributed by atoms with Gasteiger partial charge in [-0.25, -0.2) is 0 Å². The Morgan fingerprint density at radius 1 is 0.917 bits per heavy atom. The van der Waals surface area contributed by atoms with Gasteiger partial charge in [-0.2, -0.15) is 0 Å². The molecule has 2 heteroatoms. The molecule has 0 bridgehead atoms. The number of aryl methyl sites for hydroxylation is 2. The molecule has 24 heavy (non-hydrogen) atoms. The fourth-order valence-corrected chi connectivity index (χ4v) is 2.98. The molecule has 0 aliphatic carbocycles. The summed E-state index contributed by atoms with van der Waals surface area (Å²) in [7, 11) is 1.70. The topological polar surface area (TPSA) is 21.3 Å². The first kappa shape index (κ1) is 16.4. The highest BCUT2D eigenvalue weighted by Crippen LogP contribution is 2.26. The van der Waals surface area contributed by atoms with Crippen LogP contribution in [-0.4, -0.2) is 13.7 Å². The van der Waals surface area contributed by atoms with Crippen LogP contribution < -0.4 is 10.1 Å². The number of fused-ring (bicyclic) bond motifs is 1. The van der Waals surface area contributed by atoms with E-state index in [2.05, 4.69) is 74.6 Å². The van der Waals surface area contributed by atoms with Gasteiger partial charge in [0.05, 0.1) is 7.11 Å².